The summed E-state index contributed by atoms with van der Waals surface area (Å²) >= 11 is 0. The van der Waals surface area contributed by atoms with Crippen LogP contribution in [0, 0.1) is 0 Å². The summed E-state index contributed by atoms with van der Waals surface area (Å²) in [5.74, 6) is 4.41. The van der Waals surface area contributed by atoms with Crippen LogP contribution in [0.3, 0.4) is 0 Å². The second-order valence-electron chi connectivity index (χ2n) is 3.19. The van der Waals surface area contributed by atoms with Gasteiger partial charge in [-0.25, -0.2) is 13.6 Å². The van der Waals surface area contributed by atoms with Gasteiger partial charge in [-0.3, -0.25) is 15.6 Å². The average molecular weight is 259 g/mol. The first-order valence-corrected chi connectivity index (χ1v) is 6.35. The number of nitrogen functional groups attached to an aromatic ring is 1. The molecule has 0 fully saturated rings. The molecule has 1 rings (SSSR count). The fourth-order valence-electron chi connectivity index (χ4n) is 1.10. The summed E-state index contributed by atoms with van der Waals surface area (Å²) < 4.78 is 21.3. The quantitative estimate of drug-likeness (QED) is 0.370. The molecule has 0 radical (unpaired) electrons. The molecule has 1 amide bonds. The monoisotopic (exact) mass is 259 g/mol. The molecule has 0 aliphatic heterocycles. The number of carbonyl (C=O) groups excluding carboxylic acids is 1. The molecule has 0 saturated heterocycles. The Bertz CT molecular complexity index is 502. The van der Waals surface area contributed by atoms with E-state index in [2.05, 4.69) is 15.7 Å². The van der Waals surface area contributed by atoms with E-state index in [-0.39, 0.29) is 17.9 Å². The van der Waals surface area contributed by atoms with Crippen LogP contribution in [0.5, 0.6) is 0 Å². The van der Waals surface area contributed by atoms with Crippen LogP contribution < -0.4 is 21.7 Å². The topological polar surface area (TPSA) is 140 Å². The number of primary sulfonamides is 1. The highest BCUT2D eigenvalue weighted by molar-refractivity contribution is 7.89. The first kappa shape index (κ1) is 13.4. The zero-order chi connectivity index (χ0) is 12.9. The fourth-order valence-corrected chi connectivity index (χ4v) is 1.49. The average Bonchev–Trinajstić information content (AvgIpc) is 2.27. The highest BCUT2D eigenvalue weighted by Gasteiger charge is 2.11. The van der Waals surface area contributed by atoms with Gasteiger partial charge in [0.15, 0.2) is 0 Å². The molecule has 1 heterocycles. The summed E-state index contributed by atoms with van der Waals surface area (Å²) in [5, 5.41) is 7.19. The Balaban J connectivity index is 2.64. The standard InChI is InChI=1S/C8H13N5O3S/c9-13-7-1-2-11-5-6(7)8(14)12-3-4-17(10,15)16/h1-2,5H,3-4,9H2,(H,11,13)(H,12,14)(H2,10,15,16). The van der Waals surface area contributed by atoms with E-state index in [0.717, 1.165) is 0 Å². The molecule has 0 aromatic carbocycles. The van der Waals surface area contributed by atoms with Gasteiger partial charge in [-0.1, -0.05) is 0 Å². The zero-order valence-corrected chi connectivity index (χ0v) is 9.70. The first-order valence-electron chi connectivity index (χ1n) is 4.63. The minimum Gasteiger partial charge on any atom is -0.351 e. The third kappa shape index (κ3) is 4.34. The van der Waals surface area contributed by atoms with Crippen LogP contribution in [0.15, 0.2) is 18.5 Å². The van der Waals surface area contributed by atoms with Crippen molar-refractivity contribution in [1.82, 2.24) is 10.3 Å². The largest absolute Gasteiger partial charge is 0.351 e. The fraction of sp³-hybridized carbons (Fsp3) is 0.250. The van der Waals surface area contributed by atoms with E-state index in [0.29, 0.717) is 5.69 Å². The van der Waals surface area contributed by atoms with E-state index in [1.54, 1.807) is 0 Å². The molecule has 9 heteroatoms. The Morgan fingerprint density at radius 1 is 1.47 bits per heavy atom. The molecule has 0 saturated carbocycles. The van der Waals surface area contributed by atoms with Gasteiger partial charge in [0.2, 0.25) is 10.0 Å². The van der Waals surface area contributed by atoms with Gasteiger partial charge in [-0.05, 0) is 6.07 Å². The van der Waals surface area contributed by atoms with Crippen molar-refractivity contribution in [3.05, 3.63) is 24.0 Å². The molecule has 0 bridgehead atoms. The van der Waals surface area contributed by atoms with Crippen LogP contribution in [0.1, 0.15) is 10.4 Å². The predicted octanol–water partition coefficient (Wildman–Crippen LogP) is -1.61. The summed E-state index contributed by atoms with van der Waals surface area (Å²) in [6.45, 7) is -0.0728. The molecule has 8 nitrogen and oxygen atoms in total. The molecule has 0 atom stereocenters. The molecule has 1 aromatic rings. The molecule has 94 valence electrons. The molecule has 0 unspecified atom stereocenters. The summed E-state index contributed by atoms with van der Waals surface area (Å²) in [4.78, 5) is 15.4. The summed E-state index contributed by atoms with van der Waals surface area (Å²) in [7, 11) is -3.59. The first-order chi connectivity index (χ1) is 7.94. The van der Waals surface area contributed by atoms with E-state index in [1.807, 2.05) is 0 Å². The summed E-state index contributed by atoms with van der Waals surface area (Å²) in [6.07, 6.45) is 2.79. The number of pyridine rings is 1. The molecule has 0 spiro atoms. The number of anilines is 1. The number of hydrazine groups is 1. The maximum Gasteiger partial charge on any atom is 0.255 e. The molecular formula is C8H13N5O3S. The number of sulfonamides is 1. The van der Waals surface area contributed by atoms with Crippen LogP contribution in [-0.2, 0) is 10.0 Å². The van der Waals surface area contributed by atoms with Gasteiger partial charge in [0.25, 0.3) is 5.91 Å². The lowest BCUT2D eigenvalue weighted by molar-refractivity contribution is 0.0956. The van der Waals surface area contributed by atoms with Gasteiger partial charge in [-0.15, -0.1) is 0 Å². The molecule has 1 aromatic heterocycles. The van der Waals surface area contributed by atoms with Crippen molar-refractivity contribution < 1.29 is 13.2 Å². The van der Waals surface area contributed by atoms with Gasteiger partial charge in [0, 0.05) is 18.9 Å². The maximum atomic E-state index is 11.6. The number of nitrogens with one attached hydrogen (secondary N) is 2. The summed E-state index contributed by atoms with van der Waals surface area (Å²) in [6, 6.07) is 1.52. The number of amides is 1. The van der Waals surface area contributed by atoms with E-state index < -0.39 is 15.9 Å². The van der Waals surface area contributed by atoms with Crippen molar-refractivity contribution >= 4 is 21.6 Å². The number of nitrogens with zero attached hydrogens (tertiary/aromatic N) is 1. The third-order valence-corrected chi connectivity index (χ3v) is 2.67. The van der Waals surface area contributed by atoms with Crippen LogP contribution in [0.25, 0.3) is 0 Å². The van der Waals surface area contributed by atoms with Crippen LogP contribution >= 0.6 is 0 Å². The normalized spacial score (nSPS) is 10.9. The molecule has 6 N–H and O–H groups in total. The number of hydrogen-bond acceptors (Lipinski definition) is 6. The van der Waals surface area contributed by atoms with Crippen molar-refractivity contribution in [2.24, 2.45) is 11.0 Å². The van der Waals surface area contributed by atoms with Gasteiger partial charge >= 0.3 is 0 Å². The molecule has 0 aliphatic rings. The Kier molecular flexibility index (Phi) is 4.37. The van der Waals surface area contributed by atoms with Crippen LogP contribution in [0.2, 0.25) is 0 Å². The second-order valence-corrected chi connectivity index (χ2v) is 4.92. The second kappa shape index (κ2) is 5.57. The van der Waals surface area contributed by atoms with Crippen molar-refractivity contribution in [3.63, 3.8) is 0 Å². The van der Waals surface area contributed by atoms with Gasteiger partial charge in [0.05, 0.1) is 17.0 Å². The van der Waals surface area contributed by atoms with Crippen molar-refractivity contribution in [1.29, 1.82) is 0 Å². The minimum absolute atomic E-state index is 0.0728. The summed E-state index contributed by atoms with van der Waals surface area (Å²) in [5.41, 5.74) is 2.96. The maximum absolute atomic E-state index is 11.6. The Morgan fingerprint density at radius 2 is 2.18 bits per heavy atom. The minimum atomic E-state index is -3.59. The Labute approximate surface area is 98.4 Å². The highest BCUT2D eigenvalue weighted by Crippen LogP contribution is 2.11. The molecule has 0 aliphatic carbocycles. The Morgan fingerprint density at radius 3 is 2.76 bits per heavy atom. The van der Waals surface area contributed by atoms with Gasteiger partial charge in [-0.2, -0.15) is 0 Å². The van der Waals surface area contributed by atoms with Crippen LogP contribution in [-0.4, -0.2) is 31.6 Å². The molecular weight excluding hydrogens is 246 g/mol. The lowest BCUT2D eigenvalue weighted by Crippen LogP contribution is -2.32. The van der Waals surface area contributed by atoms with Crippen LogP contribution in [0.4, 0.5) is 5.69 Å². The van der Waals surface area contributed by atoms with E-state index in [9.17, 15) is 13.2 Å². The van der Waals surface area contributed by atoms with E-state index >= 15 is 0 Å². The lowest BCUT2D eigenvalue weighted by Gasteiger charge is -2.08. The van der Waals surface area contributed by atoms with E-state index in [4.69, 9.17) is 11.0 Å². The zero-order valence-electron chi connectivity index (χ0n) is 8.88. The predicted molar refractivity (Wildman–Crippen MR) is 62.4 cm³/mol. The Hall–Kier alpha value is -1.71. The number of rotatable bonds is 5. The van der Waals surface area contributed by atoms with Gasteiger partial charge < -0.3 is 10.7 Å². The molecule has 17 heavy (non-hydrogen) atoms. The highest BCUT2D eigenvalue weighted by atomic mass is 32.2. The van der Waals surface area contributed by atoms with Gasteiger partial charge in [0.1, 0.15) is 0 Å². The smallest absolute Gasteiger partial charge is 0.255 e. The lowest BCUT2D eigenvalue weighted by atomic mass is 10.2. The SMILES string of the molecule is NNc1ccncc1C(=O)NCCS(N)(=O)=O. The van der Waals surface area contributed by atoms with E-state index in [1.165, 1.54) is 18.5 Å². The number of carbonyl (C=O) groups is 1. The van der Waals surface area contributed by atoms with Crippen molar-refractivity contribution in [2.45, 2.75) is 0 Å². The van der Waals surface area contributed by atoms with Crippen molar-refractivity contribution in [2.75, 3.05) is 17.7 Å². The number of nitrogens with two attached hydrogens (primary N) is 2. The number of hydrogen-bond donors (Lipinski definition) is 4. The van der Waals surface area contributed by atoms with Crippen molar-refractivity contribution in [3.8, 4) is 0 Å². The number of aromatic nitrogens is 1. The third-order valence-electron chi connectivity index (χ3n) is 1.89.